The van der Waals surface area contributed by atoms with Crippen LogP contribution in [0.1, 0.15) is 6.92 Å². The van der Waals surface area contributed by atoms with Crippen LogP contribution in [0.4, 0.5) is 4.39 Å². The lowest BCUT2D eigenvalue weighted by atomic mass is 10.3. The summed E-state index contributed by atoms with van der Waals surface area (Å²) in [5.41, 5.74) is 0. The van der Waals surface area contributed by atoms with Crippen molar-refractivity contribution in [1.82, 2.24) is 14.7 Å². The van der Waals surface area contributed by atoms with Crippen molar-refractivity contribution >= 4 is 5.97 Å². The van der Waals surface area contributed by atoms with Crippen LogP contribution in [0.2, 0.25) is 0 Å². The molecule has 2 rings (SSSR count). The van der Waals surface area contributed by atoms with Gasteiger partial charge in [-0.15, -0.1) is 0 Å². The number of carboxylic acids is 1. The fourth-order valence-electron chi connectivity index (χ4n) is 2.90. The number of likely N-dealkylation sites (N-methyl/N-ethyl adjacent to an activating group) is 1. The van der Waals surface area contributed by atoms with Crippen LogP contribution in [-0.4, -0.2) is 91.3 Å². The van der Waals surface area contributed by atoms with E-state index in [1.54, 1.807) is 12.1 Å². The van der Waals surface area contributed by atoms with E-state index in [9.17, 15) is 9.18 Å². The minimum atomic E-state index is -0.758. The molecule has 1 fully saturated rings. The Morgan fingerprint density at radius 1 is 1.16 bits per heavy atom. The van der Waals surface area contributed by atoms with Crippen LogP contribution < -0.4 is 4.74 Å². The molecule has 0 saturated carbocycles. The van der Waals surface area contributed by atoms with Crippen molar-refractivity contribution in [2.24, 2.45) is 0 Å². The number of carbonyl (C=O) groups is 1. The molecule has 140 valence electrons. The van der Waals surface area contributed by atoms with Crippen LogP contribution >= 0.6 is 0 Å². The van der Waals surface area contributed by atoms with E-state index in [2.05, 4.69) is 16.7 Å². The lowest BCUT2D eigenvalue weighted by Crippen LogP contribution is -2.49. The Labute approximate surface area is 148 Å². The molecule has 0 bridgehead atoms. The minimum absolute atomic E-state index is 0.135. The highest BCUT2D eigenvalue weighted by Gasteiger charge is 2.18. The molecular formula is C18H28FN3O3. The Morgan fingerprint density at radius 2 is 1.80 bits per heavy atom. The zero-order valence-electron chi connectivity index (χ0n) is 14.9. The van der Waals surface area contributed by atoms with Crippen LogP contribution in [0.3, 0.4) is 0 Å². The number of piperazine rings is 1. The highest BCUT2D eigenvalue weighted by atomic mass is 19.1. The standard InChI is InChI=1S/C18H28FN3O3/c1-2-20(13-14-25-17-5-3-16(19)4-6-17)7-8-21-9-11-22(12-10-21)15-18(23)24/h3-6H,2,7-15H2,1H3,(H,23,24). The second-order valence-corrected chi connectivity index (χ2v) is 6.25. The van der Waals surface area contributed by atoms with Crippen molar-refractivity contribution in [2.45, 2.75) is 6.92 Å². The SMILES string of the molecule is CCN(CCOc1ccc(F)cc1)CCN1CCN(CC(=O)O)CC1. The molecule has 1 aromatic rings. The van der Waals surface area contributed by atoms with Gasteiger partial charge in [0.25, 0.3) is 0 Å². The Kier molecular flexibility index (Phi) is 8.11. The van der Waals surface area contributed by atoms with Gasteiger partial charge in [-0.3, -0.25) is 19.5 Å². The van der Waals surface area contributed by atoms with E-state index in [1.165, 1.54) is 12.1 Å². The molecule has 7 heteroatoms. The van der Waals surface area contributed by atoms with Gasteiger partial charge in [-0.25, -0.2) is 4.39 Å². The molecule has 0 unspecified atom stereocenters. The van der Waals surface area contributed by atoms with E-state index in [0.29, 0.717) is 12.4 Å². The fraction of sp³-hybridized carbons (Fsp3) is 0.611. The molecule has 25 heavy (non-hydrogen) atoms. The monoisotopic (exact) mass is 353 g/mol. The van der Waals surface area contributed by atoms with Gasteiger partial charge in [0.05, 0.1) is 6.54 Å². The van der Waals surface area contributed by atoms with Gasteiger partial charge in [-0.05, 0) is 30.8 Å². The maximum atomic E-state index is 12.9. The first-order valence-corrected chi connectivity index (χ1v) is 8.84. The van der Waals surface area contributed by atoms with Gasteiger partial charge in [-0.2, -0.15) is 0 Å². The molecule has 1 saturated heterocycles. The summed E-state index contributed by atoms with van der Waals surface area (Å²) in [7, 11) is 0. The number of carboxylic acid groups (broad SMARTS) is 1. The number of aliphatic carboxylic acids is 1. The van der Waals surface area contributed by atoms with E-state index in [1.807, 2.05) is 4.90 Å². The molecule has 1 aromatic carbocycles. The second-order valence-electron chi connectivity index (χ2n) is 6.25. The van der Waals surface area contributed by atoms with Crippen LogP contribution in [-0.2, 0) is 4.79 Å². The zero-order valence-corrected chi connectivity index (χ0v) is 14.9. The van der Waals surface area contributed by atoms with Gasteiger partial charge in [0.1, 0.15) is 18.2 Å². The highest BCUT2D eigenvalue weighted by Crippen LogP contribution is 2.11. The van der Waals surface area contributed by atoms with Crippen molar-refractivity contribution in [3.8, 4) is 5.75 Å². The second kappa shape index (κ2) is 10.3. The van der Waals surface area contributed by atoms with Crippen LogP contribution in [0.5, 0.6) is 5.75 Å². The van der Waals surface area contributed by atoms with Crippen LogP contribution in [0.15, 0.2) is 24.3 Å². The normalized spacial score (nSPS) is 16.3. The van der Waals surface area contributed by atoms with Crippen molar-refractivity contribution in [1.29, 1.82) is 0 Å². The summed E-state index contributed by atoms with van der Waals surface area (Å²) in [6.45, 7) is 10.0. The fourth-order valence-corrected chi connectivity index (χ4v) is 2.90. The van der Waals surface area contributed by atoms with Gasteiger partial charge >= 0.3 is 5.97 Å². The first-order valence-electron chi connectivity index (χ1n) is 8.84. The summed E-state index contributed by atoms with van der Waals surface area (Å²) in [5, 5.41) is 8.83. The number of benzene rings is 1. The van der Waals surface area contributed by atoms with Gasteiger partial charge in [0.15, 0.2) is 0 Å². The lowest BCUT2D eigenvalue weighted by molar-refractivity contribution is -0.138. The summed E-state index contributed by atoms with van der Waals surface area (Å²) >= 11 is 0. The van der Waals surface area contributed by atoms with Crippen molar-refractivity contribution in [2.75, 3.05) is 65.5 Å². The molecule has 1 aliphatic heterocycles. The number of hydrogen-bond acceptors (Lipinski definition) is 5. The van der Waals surface area contributed by atoms with Crippen LogP contribution in [0.25, 0.3) is 0 Å². The highest BCUT2D eigenvalue weighted by molar-refractivity contribution is 5.69. The van der Waals surface area contributed by atoms with Crippen molar-refractivity contribution in [3.63, 3.8) is 0 Å². The molecule has 1 N–H and O–H groups in total. The first kappa shape index (κ1) is 19.6. The molecule has 1 aliphatic rings. The van der Waals surface area contributed by atoms with Gasteiger partial charge < -0.3 is 9.84 Å². The van der Waals surface area contributed by atoms with Gasteiger partial charge in [-0.1, -0.05) is 6.92 Å². The number of rotatable bonds is 10. The van der Waals surface area contributed by atoms with E-state index in [4.69, 9.17) is 9.84 Å². The number of halogens is 1. The van der Waals surface area contributed by atoms with Crippen LogP contribution in [0, 0.1) is 5.82 Å². The molecule has 0 aromatic heterocycles. The third-order valence-corrected chi connectivity index (χ3v) is 4.49. The summed E-state index contributed by atoms with van der Waals surface area (Å²) in [4.78, 5) is 17.4. The number of hydrogen-bond donors (Lipinski definition) is 1. The molecular weight excluding hydrogens is 325 g/mol. The Morgan fingerprint density at radius 3 is 2.40 bits per heavy atom. The summed E-state index contributed by atoms with van der Waals surface area (Å²) in [5.74, 6) is -0.329. The smallest absolute Gasteiger partial charge is 0.317 e. The van der Waals surface area contributed by atoms with E-state index in [0.717, 1.165) is 52.4 Å². The van der Waals surface area contributed by atoms with Crippen molar-refractivity contribution in [3.05, 3.63) is 30.1 Å². The Hall–Kier alpha value is -1.70. The quantitative estimate of drug-likeness (QED) is 0.683. The number of nitrogens with zero attached hydrogens (tertiary/aromatic N) is 3. The summed E-state index contributed by atoms with van der Waals surface area (Å²) in [6, 6.07) is 6.08. The zero-order chi connectivity index (χ0) is 18.1. The average molecular weight is 353 g/mol. The molecule has 0 radical (unpaired) electrons. The largest absolute Gasteiger partial charge is 0.492 e. The third kappa shape index (κ3) is 7.37. The predicted molar refractivity (Wildman–Crippen MR) is 94.5 cm³/mol. The molecule has 0 amide bonds. The van der Waals surface area contributed by atoms with Crippen molar-refractivity contribution < 1.29 is 19.0 Å². The molecule has 6 nitrogen and oxygen atoms in total. The Balaban J connectivity index is 1.61. The minimum Gasteiger partial charge on any atom is -0.492 e. The van der Waals surface area contributed by atoms with Gasteiger partial charge in [0, 0.05) is 45.8 Å². The molecule has 0 spiro atoms. The summed E-state index contributed by atoms with van der Waals surface area (Å²) in [6.07, 6.45) is 0. The van der Waals surface area contributed by atoms with E-state index < -0.39 is 5.97 Å². The maximum absolute atomic E-state index is 12.9. The third-order valence-electron chi connectivity index (χ3n) is 4.49. The topological polar surface area (TPSA) is 56.2 Å². The molecule has 0 atom stereocenters. The molecule has 1 heterocycles. The summed E-state index contributed by atoms with van der Waals surface area (Å²) < 4.78 is 18.5. The Bertz CT molecular complexity index is 519. The lowest BCUT2D eigenvalue weighted by Gasteiger charge is -2.34. The maximum Gasteiger partial charge on any atom is 0.317 e. The number of ether oxygens (including phenoxy) is 1. The van der Waals surface area contributed by atoms with Gasteiger partial charge in [0.2, 0.25) is 0 Å². The van der Waals surface area contributed by atoms with E-state index >= 15 is 0 Å². The average Bonchev–Trinajstić information content (AvgIpc) is 2.60. The first-order chi connectivity index (χ1) is 12.1. The van der Waals surface area contributed by atoms with E-state index in [-0.39, 0.29) is 12.4 Å². The predicted octanol–water partition coefficient (Wildman–Crippen LogP) is 1.23. The molecule has 0 aliphatic carbocycles.